The molecule has 0 bridgehead atoms. The summed E-state index contributed by atoms with van der Waals surface area (Å²) in [6.07, 6.45) is 0. The first-order valence-corrected chi connectivity index (χ1v) is 12.0. The normalized spacial score (nSPS) is 15.2. The van der Waals surface area contributed by atoms with E-state index in [9.17, 15) is 18.5 Å². The van der Waals surface area contributed by atoms with Gasteiger partial charge in [-0.2, -0.15) is 4.31 Å². The van der Waals surface area contributed by atoms with Gasteiger partial charge in [-0.15, -0.1) is 11.3 Å². The molecule has 0 atom stereocenters. The summed E-state index contributed by atoms with van der Waals surface area (Å²) >= 11 is 6.94. The average molecular weight is 480 g/mol. The Morgan fingerprint density at radius 1 is 1.10 bits per heavy atom. The molecule has 3 heterocycles. The maximum Gasteiger partial charge on any atom is 0.270 e. The van der Waals surface area contributed by atoms with Gasteiger partial charge < -0.3 is 4.90 Å². The molecule has 3 aromatic rings. The average Bonchev–Trinajstić information content (AvgIpc) is 3.21. The second kappa shape index (κ2) is 8.50. The van der Waals surface area contributed by atoms with E-state index in [0.29, 0.717) is 47.7 Å². The molecule has 0 radical (unpaired) electrons. The van der Waals surface area contributed by atoms with Crippen molar-refractivity contribution < 1.29 is 13.3 Å². The summed E-state index contributed by atoms with van der Waals surface area (Å²) < 4.78 is 27.7. The van der Waals surface area contributed by atoms with Crippen molar-refractivity contribution in [3.05, 3.63) is 62.6 Å². The molecule has 9 nitrogen and oxygen atoms in total. The third kappa shape index (κ3) is 4.54. The molecule has 1 aliphatic rings. The van der Waals surface area contributed by atoms with Gasteiger partial charge in [0.1, 0.15) is 10.0 Å². The van der Waals surface area contributed by atoms with Crippen LogP contribution in [0.15, 0.2) is 46.7 Å². The topological polar surface area (TPSA) is 110 Å². The number of nitro benzene ring substituents is 1. The molecule has 0 unspecified atom stereocenters. The minimum absolute atomic E-state index is 0.0309. The Hall–Kier alpha value is -2.60. The summed E-state index contributed by atoms with van der Waals surface area (Å²) in [5.74, 6) is 1.05. The molecule has 162 valence electrons. The summed E-state index contributed by atoms with van der Waals surface area (Å²) in [4.78, 5) is 21.6. The summed E-state index contributed by atoms with van der Waals surface area (Å²) in [7, 11) is -3.57. The molecular weight excluding hydrogens is 462 g/mol. The molecule has 1 aromatic carbocycles. The van der Waals surface area contributed by atoms with Crippen molar-refractivity contribution in [3.8, 4) is 11.4 Å². The molecule has 1 fully saturated rings. The number of hydrogen-bond donors (Lipinski definition) is 0. The smallest absolute Gasteiger partial charge is 0.270 e. The maximum atomic E-state index is 12.8. The molecule has 1 aliphatic heterocycles. The number of piperazine rings is 1. The maximum absolute atomic E-state index is 12.8. The van der Waals surface area contributed by atoms with E-state index in [-0.39, 0.29) is 9.90 Å². The van der Waals surface area contributed by atoms with Gasteiger partial charge in [-0.1, -0.05) is 23.7 Å². The molecule has 2 aromatic heterocycles. The van der Waals surface area contributed by atoms with E-state index in [4.69, 9.17) is 11.6 Å². The third-order valence-electron chi connectivity index (χ3n) is 4.86. The highest BCUT2D eigenvalue weighted by Gasteiger charge is 2.30. The predicted molar refractivity (Wildman–Crippen MR) is 119 cm³/mol. The van der Waals surface area contributed by atoms with Gasteiger partial charge in [0.2, 0.25) is 0 Å². The largest absolute Gasteiger partial charge is 0.354 e. The second-order valence-electron chi connectivity index (χ2n) is 6.95. The number of sulfonamides is 1. The number of nitrogens with zero attached hydrogens (tertiary/aromatic N) is 5. The van der Waals surface area contributed by atoms with Crippen LogP contribution in [-0.4, -0.2) is 53.8 Å². The summed E-state index contributed by atoms with van der Waals surface area (Å²) in [6.45, 7) is 3.37. The van der Waals surface area contributed by atoms with Crippen molar-refractivity contribution in [1.82, 2.24) is 14.3 Å². The Morgan fingerprint density at radius 2 is 1.84 bits per heavy atom. The van der Waals surface area contributed by atoms with E-state index in [2.05, 4.69) is 9.97 Å². The molecule has 31 heavy (non-hydrogen) atoms. The van der Waals surface area contributed by atoms with E-state index < -0.39 is 14.9 Å². The van der Waals surface area contributed by atoms with Gasteiger partial charge in [-0.05, 0) is 19.1 Å². The highest BCUT2D eigenvalue weighted by Crippen LogP contribution is 2.29. The highest BCUT2D eigenvalue weighted by atomic mass is 35.5. The number of rotatable bonds is 5. The summed E-state index contributed by atoms with van der Waals surface area (Å²) in [5.41, 5.74) is 1.24. The number of nitro groups is 1. The van der Waals surface area contributed by atoms with E-state index >= 15 is 0 Å². The lowest BCUT2D eigenvalue weighted by Gasteiger charge is -2.34. The van der Waals surface area contributed by atoms with Gasteiger partial charge in [0.25, 0.3) is 15.7 Å². The molecular formula is C19H18ClN5O4S2. The summed E-state index contributed by atoms with van der Waals surface area (Å²) in [6, 6.07) is 11.1. The quantitative estimate of drug-likeness (QED) is 0.406. The van der Waals surface area contributed by atoms with Crippen molar-refractivity contribution in [2.45, 2.75) is 11.1 Å². The molecule has 0 spiro atoms. The fraction of sp³-hybridized carbons (Fsp3) is 0.263. The summed E-state index contributed by atoms with van der Waals surface area (Å²) in [5, 5.41) is 11.1. The van der Waals surface area contributed by atoms with Gasteiger partial charge >= 0.3 is 0 Å². The van der Waals surface area contributed by atoms with Crippen LogP contribution in [0.4, 0.5) is 11.5 Å². The standard InChI is InChI=1S/C19H18ClN5O4S2/c1-13-11-17(22-19(21-13)14-3-2-4-15(12-14)25(26)27)23-7-9-24(10-8-23)31(28,29)18-6-5-16(20)30-18/h2-6,11-12H,7-10H2,1H3. The Balaban J connectivity index is 1.54. The number of halogens is 1. The number of aromatic nitrogens is 2. The van der Waals surface area contributed by atoms with Crippen LogP contribution in [0.3, 0.4) is 0 Å². The van der Waals surface area contributed by atoms with Crippen molar-refractivity contribution >= 4 is 44.5 Å². The van der Waals surface area contributed by atoms with Gasteiger partial charge in [0, 0.05) is 55.6 Å². The number of non-ortho nitro benzene ring substituents is 1. The zero-order valence-corrected chi connectivity index (χ0v) is 18.8. The molecule has 0 N–H and O–H groups in total. The second-order valence-corrected chi connectivity index (χ2v) is 10.8. The van der Waals surface area contributed by atoms with Gasteiger partial charge in [0.05, 0.1) is 9.26 Å². The minimum atomic E-state index is -3.57. The van der Waals surface area contributed by atoms with E-state index in [1.54, 1.807) is 18.2 Å². The lowest BCUT2D eigenvalue weighted by atomic mass is 10.2. The molecule has 0 saturated carbocycles. The third-order valence-corrected chi connectivity index (χ3v) is 8.46. The first-order valence-electron chi connectivity index (χ1n) is 9.35. The van der Waals surface area contributed by atoms with Crippen LogP contribution < -0.4 is 4.90 Å². The molecule has 1 saturated heterocycles. The SMILES string of the molecule is Cc1cc(N2CCN(S(=O)(=O)c3ccc(Cl)s3)CC2)nc(-c2cccc([N+](=O)[O-])c2)n1. The van der Waals surface area contributed by atoms with Crippen LogP contribution in [0, 0.1) is 17.0 Å². The monoisotopic (exact) mass is 479 g/mol. The zero-order valence-electron chi connectivity index (χ0n) is 16.4. The lowest BCUT2D eigenvalue weighted by molar-refractivity contribution is -0.384. The first kappa shape index (κ1) is 21.6. The van der Waals surface area contributed by atoms with Crippen molar-refractivity contribution in [2.75, 3.05) is 31.1 Å². The molecule has 4 rings (SSSR count). The van der Waals surface area contributed by atoms with Crippen molar-refractivity contribution in [1.29, 1.82) is 0 Å². The van der Waals surface area contributed by atoms with Crippen molar-refractivity contribution in [3.63, 3.8) is 0 Å². The number of anilines is 1. The number of hydrogen-bond acceptors (Lipinski definition) is 8. The Morgan fingerprint density at radius 3 is 2.48 bits per heavy atom. The predicted octanol–water partition coefficient (Wildman–Crippen LogP) is 3.59. The number of benzene rings is 1. The highest BCUT2D eigenvalue weighted by molar-refractivity contribution is 7.91. The minimum Gasteiger partial charge on any atom is -0.354 e. The van der Waals surface area contributed by atoms with Crippen LogP contribution >= 0.6 is 22.9 Å². The zero-order chi connectivity index (χ0) is 22.2. The van der Waals surface area contributed by atoms with Gasteiger partial charge in [-0.3, -0.25) is 10.1 Å². The van der Waals surface area contributed by atoms with Crippen LogP contribution in [0.5, 0.6) is 0 Å². The fourth-order valence-electron chi connectivity index (χ4n) is 3.32. The van der Waals surface area contributed by atoms with E-state index in [0.717, 1.165) is 17.0 Å². The van der Waals surface area contributed by atoms with Gasteiger partial charge in [-0.25, -0.2) is 18.4 Å². The Bertz CT molecular complexity index is 1240. The van der Waals surface area contributed by atoms with Gasteiger partial charge in [0.15, 0.2) is 5.82 Å². The Kier molecular flexibility index (Phi) is 5.93. The molecule has 0 amide bonds. The fourth-order valence-corrected chi connectivity index (χ4v) is 6.38. The van der Waals surface area contributed by atoms with Crippen LogP contribution in [-0.2, 0) is 10.0 Å². The van der Waals surface area contributed by atoms with Crippen LogP contribution in [0.25, 0.3) is 11.4 Å². The van der Waals surface area contributed by atoms with Crippen molar-refractivity contribution in [2.24, 2.45) is 0 Å². The van der Waals surface area contributed by atoms with E-state index in [1.165, 1.54) is 22.5 Å². The van der Waals surface area contributed by atoms with Crippen LogP contribution in [0.1, 0.15) is 5.69 Å². The first-order chi connectivity index (χ1) is 14.7. The molecule has 12 heteroatoms. The Labute approximate surface area is 188 Å². The number of thiophene rings is 1. The van der Waals surface area contributed by atoms with E-state index in [1.807, 2.05) is 17.9 Å². The molecule has 0 aliphatic carbocycles. The van der Waals surface area contributed by atoms with Crippen LogP contribution in [0.2, 0.25) is 4.34 Å². The number of aryl methyl sites for hydroxylation is 1. The lowest BCUT2D eigenvalue weighted by Crippen LogP contribution is -2.48.